The summed E-state index contributed by atoms with van der Waals surface area (Å²) >= 11 is 0. The number of nitrogens with one attached hydrogen (secondary N) is 1. The maximum Gasteiger partial charge on any atom is 0.253 e. The van der Waals surface area contributed by atoms with Crippen molar-refractivity contribution in [1.29, 1.82) is 0 Å². The maximum atomic E-state index is 12.2. The molecule has 4 heteroatoms. The predicted octanol–water partition coefficient (Wildman–Crippen LogP) is 1.53. The number of carbonyl (C=O) groups excluding carboxylic acids is 1. The third-order valence-electron chi connectivity index (χ3n) is 2.89. The Morgan fingerprint density at radius 2 is 2.22 bits per heavy atom. The first-order valence-electron chi connectivity index (χ1n) is 5.97. The Morgan fingerprint density at radius 3 is 3.00 bits per heavy atom. The van der Waals surface area contributed by atoms with Gasteiger partial charge in [0.25, 0.3) is 5.91 Å². The predicted molar refractivity (Wildman–Crippen MR) is 72.6 cm³/mol. The summed E-state index contributed by atoms with van der Waals surface area (Å²) in [5.74, 6) is 0.0380. The Balaban J connectivity index is 2.22. The zero-order valence-corrected chi connectivity index (χ0v) is 10.7. The van der Waals surface area contributed by atoms with Crippen LogP contribution in [-0.4, -0.2) is 43.0 Å². The molecule has 0 aliphatic rings. The molecule has 0 unspecified atom stereocenters. The van der Waals surface area contributed by atoms with Crippen molar-refractivity contribution in [2.45, 2.75) is 0 Å². The van der Waals surface area contributed by atoms with E-state index in [0.29, 0.717) is 12.1 Å². The minimum atomic E-state index is 0.0380. The number of fused-ring (bicyclic) bond motifs is 1. The number of rotatable bonds is 4. The molecule has 2 rings (SSSR count). The van der Waals surface area contributed by atoms with Gasteiger partial charge in [0.1, 0.15) is 0 Å². The summed E-state index contributed by atoms with van der Waals surface area (Å²) < 4.78 is 0. The number of benzene rings is 1. The topological polar surface area (TPSA) is 45.2 Å². The van der Waals surface area contributed by atoms with Gasteiger partial charge in [-0.25, -0.2) is 0 Å². The molecule has 0 radical (unpaired) electrons. The lowest BCUT2D eigenvalue weighted by Gasteiger charge is -2.17. The van der Waals surface area contributed by atoms with Gasteiger partial charge < -0.3 is 10.2 Å². The molecule has 0 aliphatic heterocycles. The molecular formula is C14H17N3O. The van der Waals surface area contributed by atoms with Gasteiger partial charge in [0.15, 0.2) is 0 Å². The van der Waals surface area contributed by atoms with Crippen molar-refractivity contribution in [2.24, 2.45) is 0 Å². The van der Waals surface area contributed by atoms with Crippen molar-refractivity contribution in [3.63, 3.8) is 0 Å². The van der Waals surface area contributed by atoms with Crippen molar-refractivity contribution in [3.8, 4) is 0 Å². The van der Waals surface area contributed by atoms with Gasteiger partial charge in [0, 0.05) is 37.3 Å². The van der Waals surface area contributed by atoms with E-state index in [-0.39, 0.29) is 5.91 Å². The smallest absolute Gasteiger partial charge is 0.253 e. The van der Waals surface area contributed by atoms with Crippen LogP contribution < -0.4 is 5.32 Å². The van der Waals surface area contributed by atoms with Crippen molar-refractivity contribution in [3.05, 3.63) is 42.1 Å². The molecule has 18 heavy (non-hydrogen) atoms. The summed E-state index contributed by atoms with van der Waals surface area (Å²) in [5, 5.41) is 4.02. The number of hydrogen-bond acceptors (Lipinski definition) is 3. The molecule has 0 bridgehead atoms. The Bertz CT molecular complexity index is 553. The Kier molecular flexibility index (Phi) is 3.89. The van der Waals surface area contributed by atoms with Crippen LogP contribution in [0.15, 0.2) is 36.5 Å². The van der Waals surface area contributed by atoms with Crippen LogP contribution in [0.3, 0.4) is 0 Å². The molecule has 1 N–H and O–H groups in total. The van der Waals surface area contributed by atoms with E-state index in [4.69, 9.17) is 0 Å². The largest absolute Gasteiger partial charge is 0.340 e. The van der Waals surface area contributed by atoms with E-state index in [0.717, 1.165) is 17.4 Å². The first-order valence-corrected chi connectivity index (χ1v) is 5.97. The molecule has 2 aromatic rings. The van der Waals surface area contributed by atoms with E-state index in [1.54, 1.807) is 11.1 Å². The van der Waals surface area contributed by atoms with Crippen LogP contribution in [-0.2, 0) is 0 Å². The van der Waals surface area contributed by atoms with E-state index in [1.165, 1.54) is 0 Å². The van der Waals surface area contributed by atoms with Crippen LogP contribution in [0.4, 0.5) is 0 Å². The molecule has 1 aromatic carbocycles. The van der Waals surface area contributed by atoms with Crippen molar-refractivity contribution in [1.82, 2.24) is 15.2 Å². The Labute approximate surface area is 107 Å². The van der Waals surface area contributed by atoms with Gasteiger partial charge >= 0.3 is 0 Å². The number of hydrogen-bond donors (Lipinski definition) is 1. The standard InChI is InChI=1S/C14H17N3O/c1-15-8-9-17(2)14(18)12-5-6-13-11(10-12)4-3-7-16-13/h3-7,10,15H,8-9H2,1-2H3. The first-order chi connectivity index (χ1) is 8.72. The van der Waals surface area contributed by atoms with Crippen LogP contribution in [0.25, 0.3) is 10.9 Å². The second-order valence-electron chi connectivity index (χ2n) is 4.24. The normalized spacial score (nSPS) is 10.6. The van der Waals surface area contributed by atoms with E-state index in [9.17, 15) is 4.79 Å². The fourth-order valence-electron chi connectivity index (χ4n) is 1.81. The first kappa shape index (κ1) is 12.5. The molecule has 4 nitrogen and oxygen atoms in total. The second-order valence-corrected chi connectivity index (χ2v) is 4.24. The maximum absolute atomic E-state index is 12.2. The van der Waals surface area contributed by atoms with Gasteiger partial charge in [-0.1, -0.05) is 6.07 Å². The fraction of sp³-hybridized carbons (Fsp3) is 0.286. The lowest BCUT2D eigenvalue weighted by Crippen LogP contribution is -2.32. The van der Waals surface area contributed by atoms with E-state index in [1.807, 2.05) is 44.4 Å². The highest BCUT2D eigenvalue weighted by Crippen LogP contribution is 2.14. The molecule has 1 heterocycles. The third-order valence-corrected chi connectivity index (χ3v) is 2.89. The molecule has 0 spiro atoms. The van der Waals surface area contributed by atoms with E-state index in [2.05, 4.69) is 10.3 Å². The number of likely N-dealkylation sites (N-methyl/N-ethyl adjacent to an activating group) is 2. The van der Waals surface area contributed by atoms with Gasteiger partial charge in [-0.2, -0.15) is 0 Å². The highest BCUT2D eigenvalue weighted by molar-refractivity contribution is 5.97. The highest BCUT2D eigenvalue weighted by Gasteiger charge is 2.11. The molecule has 0 saturated carbocycles. The zero-order valence-electron chi connectivity index (χ0n) is 10.7. The van der Waals surface area contributed by atoms with Crippen LogP contribution >= 0.6 is 0 Å². The van der Waals surface area contributed by atoms with Gasteiger partial charge in [0.2, 0.25) is 0 Å². The van der Waals surface area contributed by atoms with Gasteiger partial charge in [-0.3, -0.25) is 9.78 Å². The summed E-state index contributed by atoms with van der Waals surface area (Å²) in [5.41, 5.74) is 1.61. The van der Waals surface area contributed by atoms with Crippen LogP contribution in [0.2, 0.25) is 0 Å². The molecule has 1 aromatic heterocycles. The molecule has 1 amide bonds. The van der Waals surface area contributed by atoms with E-state index < -0.39 is 0 Å². The molecule has 0 atom stereocenters. The minimum absolute atomic E-state index is 0.0380. The minimum Gasteiger partial charge on any atom is -0.340 e. The monoisotopic (exact) mass is 243 g/mol. The van der Waals surface area contributed by atoms with Gasteiger partial charge in [-0.15, -0.1) is 0 Å². The number of amides is 1. The van der Waals surface area contributed by atoms with Crippen LogP contribution in [0.5, 0.6) is 0 Å². The molecule has 0 aliphatic carbocycles. The van der Waals surface area contributed by atoms with Crippen molar-refractivity contribution >= 4 is 16.8 Å². The third kappa shape index (κ3) is 2.65. The van der Waals surface area contributed by atoms with E-state index >= 15 is 0 Å². The molecular weight excluding hydrogens is 226 g/mol. The van der Waals surface area contributed by atoms with Crippen LogP contribution in [0.1, 0.15) is 10.4 Å². The summed E-state index contributed by atoms with van der Waals surface area (Å²) in [7, 11) is 3.69. The highest BCUT2D eigenvalue weighted by atomic mass is 16.2. The SMILES string of the molecule is CNCCN(C)C(=O)c1ccc2ncccc2c1. The van der Waals surface area contributed by atoms with Crippen molar-refractivity contribution in [2.75, 3.05) is 27.2 Å². The number of aromatic nitrogens is 1. The summed E-state index contributed by atoms with van der Waals surface area (Å²) in [6, 6.07) is 9.44. The van der Waals surface area contributed by atoms with Gasteiger partial charge in [-0.05, 0) is 31.3 Å². The number of carbonyl (C=O) groups is 1. The Hall–Kier alpha value is -1.94. The quantitative estimate of drug-likeness (QED) is 0.885. The number of nitrogens with zero attached hydrogens (tertiary/aromatic N) is 2. The van der Waals surface area contributed by atoms with Gasteiger partial charge in [0.05, 0.1) is 5.52 Å². The summed E-state index contributed by atoms with van der Waals surface area (Å²) in [6.45, 7) is 1.48. The lowest BCUT2D eigenvalue weighted by molar-refractivity contribution is 0.0797. The fourth-order valence-corrected chi connectivity index (χ4v) is 1.81. The molecule has 0 fully saturated rings. The molecule has 94 valence electrons. The van der Waals surface area contributed by atoms with Crippen molar-refractivity contribution < 1.29 is 4.79 Å². The summed E-state index contributed by atoms with van der Waals surface area (Å²) in [6.07, 6.45) is 1.75. The van der Waals surface area contributed by atoms with Crippen LogP contribution in [0, 0.1) is 0 Å². The lowest BCUT2D eigenvalue weighted by atomic mass is 10.1. The zero-order chi connectivity index (χ0) is 13.0. The molecule has 0 saturated heterocycles. The average molecular weight is 243 g/mol. The average Bonchev–Trinajstić information content (AvgIpc) is 2.43. The summed E-state index contributed by atoms with van der Waals surface area (Å²) in [4.78, 5) is 18.1. The number of pyridine rings is 1. The Morgan fingerprint density at radius 1 is 1.39 bits per heavy atom. The second kappa shape index (κ2) is 5.60.